The Kier molecular flexibility index (Phi) is 3.95. The zero-order valence-electron chi connectivity index (χ0n) is 11.4. The summed E-state index contributed by atoms with van der Waals surface area (Å²) in [6.07, 6.45) is 1.80. The summed E-state index contributed by atoms with van der Waals surface area (Å²) in [5, 5.41) is 4.98. The first-order valence-electron chi connectivity index (χ1n) is 6.27. The van der Waals surface area contributed by atoms with Crippen molar-refractivity contribution in [2.24, 2.45) is 0 Å². The normalized spacial score (nSPS) is 10.9. The molecule has 3 N–H and O–H groups in total. The maximum absolute atomic E-state index is 12.2. The second-order valence-electron chi connectivity index (χ2n) is 4.87. The van der Waals surface area contributed by atoms with E-state index in [9.17, 15) is 4.79 Å². The lowest BCUT2D eigenvalue weighted by molar-refractivity contribution is 0.0940. The van der Waals surface area contributed by atoms with Crippen LogP contribution in [0.15, 0.2) is 23.7 Å². The number of hydrogen-bond donors (Lipinski definition) is 2. The van der Waals surface area contributed by atoms with Gasteiger partial charge >= 0.3 is 0 Å². The molecule has 1 amide bonds. The Morgan fingerprint density at radius 1 is 1.53 bits per heavy atom. The van der Waals surface area contributed by atoms with Crippen molar-refractivity contribution >= 4 is 22.9 Å². The summed E-state index contributed by atoms with van der Waals surface area (Å²) >= 11 is 1.66. The maximum atomic E-state index is 12.2. The van der Waals surface area contributed by atoms with Crippen molar-refractivity contribution in [3.8, 4) is 0 Å². The van der Waals surface area contributed by atoms with Gasteiger partial charge in [-0.25, -0.2) is 0 Å². The van der Waals surface area contributed by atoms with Crippen molar-refractivity contribution < 1.29 is 4.79 Å². The van der Waals surface area contributed by atoms with Crippen molar-refractivity contribution in [1.82, 2.24) is 9.88 Å². The van der Waals surface area contributed by atoms with Gasteiger partial charge in [0.25, 0.3) is 5.91 Å². The number of nitrogens with zero attached hydrogens (tertiary/aromatic N) is 1. The van der Waals surface area contributed by atoms with E-state index in [0.717, 1.165) is 0 Å². The summed E-state index contributed by atoms with van der Waals surface area (Å²) in [6, 6.07) is 3.99. The first-order valence-corrected chi connectivity index (χ1v) is 7.15. The second-order valence-corrected chi connectivity index (χ2v) is 5.87. The fourth-order valence-corrected chi connectivity index (χ4v) is 2.79. The molecule has 0 bridgehead atoms. The van der Waals surface area contributed by atoms with Gasteiger partial charge in [-0.3, -0.25) is 4.79 Å². The van der Waals surface area contributed by atoms with Gasteiger partial charge < -0.3 is 15.6 Å². The van der Waals surface area contributed by atoms with Crippen LogP contribution in [0.5, 0.6) is 0 Å². The lowest BCUT2D eigenvalue weighted by atomic mass is 10.3. The monoisotopic (exact) mass is 277 g/mol. The number of hydrogen-bond acceptors (Lipinski definition) is 3. The number of carbonyl (C=O) groups is 1. The number of nitrogens with two attached hydrogens (primary N) is 1. The Bertz CT molecular complexity index is 583. The van der Waals surface area contributed by atoms with Gasteiger partial charge in [-0.05, 0) is 43.8 Å². The minimum Gasteiger partial charge on any atom is -0.397 e. The number of thiophene rings is 1. The predicted octanol–water partition coefficient (Wildman–Crippen LogP) is 2.95. The minimum atomic E-state index is -0.0850. The van der Waals surface area contributed by atoms with Crippen LogP contribution in [0.4, 0.5) is 5.69 Å². The first-order chi connectivity index (χ1) is 8.99. The number of aromatic nitrogens is 1. The number of aryl methyl sites for hydroxylation is 1. The predicted molar refractivity (Wildman–Crippen MR) is 79.5 cm³/mol. The number of amides is 1. The van der Waals surface area contributed by atoms with E-state index in [1.165, 1.54) is 10.4 Å². The van der Waals surface area contributed by atoms with Gasteiger partial charge in [0.1, 0.15) is 5.69 Å². The molecule has 0 fully saturated rings. The molecule has 0 aliphatic heterocycles. The van der Waals surface area contributed by atoms with Crippen molar-refractivity contribution in [3.63, 3.8) is 0 Å². The molecule has 0 aliphatic carbocycles. The van der Waals surface area contributed by atoms with Crippen LogP contribution in [0.1, 0.15) is 40.8 Å². The molecule has 4 nitrogen and oxygen atoms in total. The Hall–Kier alpha value is -1.75. The zero-order valence-corrected chi connectivity index (χ0v) is 12.3. The van der Waals surface area contributed by atoms with Crippen LogP contribution in [0, 0.1) is 6.92 Å². The number of anilines is 1. The molecule has 0 spiro atoms. The zero-order chi connectivity index (χ0) is 14.0. The number of nitrogens with one attached hydrogen (secondary N) is 1. The molecule has 2 aromatic rings. The van der Waals surface area contributed by atoms with E-state index in [-0.39, 0.29) is 11.9 Å². The molecule has 0 unspecified atom stereocenters. The number of carbonyl (C=O) groups excluding carboxylic acids is 1. The van der Waals surface area contributed by atoms with E-state index in [0.29, 0.717) is 17.9 Å². The van der Waals surface area contributed by atoms with Gasteiger partial charge in [-0.15, -0.1) is 11.3 Å². The molecule has 2 rings (SSSR count). The largest absolute Gasteiger partial charge is 0.397 e. The Morgan fingerprint density at radius 3 is 2.84 bits per heavy atom. The third-order valence-corrected chi connectivity index (χ3v) is 4.06. The third kappa shape index (κ3) is 2.98. The van der Waals surface area contributed by atoms with Gasteiger partial charge in [-0.1, -0.05) is 0 Å². The summed E-state index contributed by atoms with van der Waals surface area (Å²) < 4.78 is 1.89. The first kappa shape index (κ1) is 13.7. The molecule has 5 heteroatoms. The average molecular weight is 277 g/mol. The molecule has 0 saturated carbocycles. The molecule has 0 aliphatic rings. The minimum absolute atomic E-state index is 0.0850. The van der Waals surface area contributed by atoms with E-state index < -0.39 is 0 Å². The maximum Gasteiger partial charge on any atom is 0.268 e. The number of nitrogen functional groups attached to an aromatic ring is 1. The van der Waals surface area contributed by atoms with Gasteiger partial charge in [0.05, 0.1) is 12.2 Å². The van der Waals surface area contributed by atoms with E-state index in [1.54, 1.807) is 23.6 Å². The quantitative estimate of drug-likeness (QED) is 0.902. The molecule has 19 heavy (non-hydrogen) atoms. The highest BCUT2D eigenvalue weighted by Crippen LogP contribution is 2.18. The van der Waals surface area contributed by atoms with E-state index >= 15 is 0 Å². The Labute approximate surface area is 117 Å². The topological polar surface area (TPSA) is 60.1 Å². The highest BCUT2D eigenvalue weighted by atomic mass is 32.1. The molecule has 2 aromatic heterocycles. The fourth-order valence-electron chi connectivity index (χ4n) is 1.95. The summed E-state index contributed by atoms with van der Waals surface area (Å²) in [5.74, 6) is -0.0850. The van der Waals surface area contributed by atoms with Gasteiger partial charge in [-0.2, -0.15) is 0 Å². The van der Waals surface area contributed by atoms with Crippen molar-refractivity contribution in [2.75, 3.05) is 5.73 Å². The summed E-state index contributed by atoms with van der Waals surface area (Å²) in [7, 11) is 0. The molecule has 0 saturated heterocycles. The van der Waals surface area contributed by atoms with Crippen LogP contribution >= 0.6 is 11.3 Å². The standard InChI is InChI=1S/C14H19N3OS/c1-9(2)17-8-11(15)6-12(17)14(18)16-7-13-10(3)4-5-19-13/h4-6,8-9H,7,15H2,1-3H3,(H,16,18). The molecular formula is C14H19N3OS. The van der Waals surface area contributed by atoms with Crippen molar-refractivity contribution in [3.05, 3.63) is 39.8 Å². The molecule has 0 aromatic carbocycles. The van der Waals surface area contributed by atoms with Crippen molar-refractivity contribution in [2.45, 2.75) is 33.4 Å². The van der Waals surface area contributed by atoms with Crippen LogP contribution in [0.25, 0.3) is 0 Å². The third-order valence-electron chi connectivity index (χ3n) is 3.04. The summed E-state index contributed by atoms with van der Waals surface area (Å²) in [6.45, 7) is 6.66. The lowest BCUT2D eigenvalue weighted by Gasteiger charge is -2.12. The van der Waals surface area contributed by atoms with Gasteiger partial charge in [0, 0.05) is 17.1 Å². The Balaban J connectivity index is 2.10. The number of rotatable bonds is 4. The SMILES string of the molecule is Cc1ccsc1CNC(=O)c1cc(N)cn1C(C)C. The van der Waals surface area contributed by atoms with Crippen molar-refractivity contribution in [1.29, 1.82) is 0 Å². The summed E-state index contributed by atoms with van der Waals surface area (Å²) in [5.41, 5.74) is 8.21. The highest BCUT2D eigenvalue weighted by Gasteiger charge is 2.14. The average Bonchev–Trinajstić information content (AvgIpc) is 2.92. The van der Waals surface area contributed by atoms with E-state index in [2.05, 4.69) is 11.4 Å². The van der Waals surface area contributed by atoms with Crippen LogP contribution in [0.2, 0.25) is 0 Å². The smallest absolute Gasteiger partial charge is 0.268 e. The highest BCUT2D eigenvalue weighted by molar-refractivity contribution is 7.10. The molecule has 0 atom stereocenters. The van der Waals surface area contributed by atoms with Gasteiger partial charge in [0.15, 0.2) is 0 Å². The van der Waals surface area contributed by atoms with Gasteiger partial charge in [0.2, 0.25) is 0 Å². The molecular weight excluding hydrogens is 258 g/mol. The molecule has 2 heterocycles. The van der Waals surface area contributed by atoms with Crippen LogP contribution < -0.4 is 11.1 Å². The summed E-state index contributed by atoms with van der Waals surface area (Å²) in [4.78, 5) is 13.4. The van der Waals surface area contributed by atoms with E-state index in [1.807, 2.05) is 30.7 Å². The lowest BCUT2D eigenvalue weighted by Crippen LogP contribution is -2.25. The fraction of sp³-hybridized carbons (Fsp3) is 0.357. The molecule has 0 radical (unpaired) electrons. The van der Waals surface area contributed by atoms with Crippen LogP contribution in [0.3, 0.4) is 0 Å². The molecule has 102 valence electrons. The van der Waals surface area contributed by atoms with Crippen LogP contribution in [-0.4, -0.2) is 10.5 Å². The Morgan fingerprint density at radius 2 is 2.26 bits per heavy atom. The van der Waals surface area contributed by atoms with E-state index in [4.69, 9.17) is 5.73 Å². The van der Waals surface area contributed by atoms with Crippen LogP contribution in [-0.2, 0) is 6.54 Å². The second kappa shape index (κ2) is 5.48.